The lowest BCUT2D eigenvalue weighted by Gasteiger charge is -2.37. The van der Waals surface area contributed by atoms with Crippen molar-refractivity contribution in [1.29, 1.82) is 0 Å². The van der Waals surface area contributed by atoms with E-state index in [1.807, 2.05) is 0 Å². The second-order valence-electron chi connectivity index (χ2n) is 7.50. The molecular weight excluding hydrogens is 496 g/mol. The molecule has 1 aliphatic rings. The highest BCUT2D eigenvalue weighted by atomic mass is 32.2. The van der Waals surface area contributed by atoms with Crippen molar-refractivity contribution in [3.8, 4) is 11.5 Å². The number of nitrogens with zero attached hydrogens (tertiary/aromatic N) is 1. The van der Waals surface area contributed by atoms with Gasteiger partial charge in [-0.1, -0.05) is 0 Å². The molecule has 184 valence electrons. The molecule has 0 aliphatic carbocycles. The molecule has 10 nitrogen and oxygen atoms in total. The summed E-state index contributed by atoms with van der Waals surface area (Å²) < 4.78 is 43.5. The fourth-order valence-corrected chi connectivity index (χ4v) is 6.25. The predicted octanol–water partition coefficient (Wildman–Crippen LogP) is 3.71. The molecule has 35 heavy (non-hydrogen) atoms. The maximum Gasteiger partial charge on any atom is 0.412 e. The first-order valence-electron chi connectivity index (χ1n) is 10.3. The van der Waals surface area contributed by atoms with Crippen LogP contribution >= 0.6 is 11.3 Å². The van der Waals surface area contributed by atoms with Gasteiger partial charge in [-0.05, 0) is 65.5 Å². The van der Waals surface area contributed by atoms with Crippen LogP contribution in [0.3, 0.4) is 0 Å². The summed E-state index contributed by atoms with van der Waals surface area (Å²) in [4.78, 5) is 25.4. The van der Waals surface area contributed by atoms with Crippen molar-refractivity contribution in [2.75, 3.05) is 19.5 Å². The average molecular weight is 519 g/mol. The van der Waals surface area contributed by atoms with Gasteiger partial charge in [-0.2, -0.15) is 4.31 Å². The van der Waals surface area contributed by atoms with Gasteiger partial charge in [0.05, 0.1) is 24.0 Å². The Balaban J connectivity index is 1.65. The molecule has 1 aliphatic heterocycles. The third-order valence-corrected chi connectivity index (χ3v) is 8.31. The summed E-state index contributed by atoms with van der Waals surface area (Å²) in [5.41, 5.74) is 0.958. The van der Waals surface area contributed by atoms with Crippen LogP contribution in [0.4, 0.5) is 10.5 Å². The lowest BCUT2D eigenvalue weighted by Crippen LogP contribution is -2.51. The van der Waals surface area contributed by atoms with E-state index >= 15 is 0 Å². The Morgan fingerprint density at radius 1 is 1.00 bits per heavy atom. The standard InChI is InChI=1S/C23H22N2O8S2/c1-31-16-5-3-15(4-6-16)24-23(28)33-20-19(22(26)27)25(13-14-11-12-34-21(14)20)35(29,30)18-9-7-17(32-2)8-10-18/h3-12,19-20H,13H2,1-2H3,(H,24,28)(H,26,27). The molecule has 12 heteroatoms. The minimum Gasteiger partial charge on any atom is -0.497 e. The first kappa shape index (κ1) is 24.5. The van der Waals surface area contributed by atoms with Crippen molar-refractivity contribution >= 4 is 39.1 Å². The Hall–Kier alpha value is -3.61. The lowest BCUT2D eigenvalue weighted by atomic mass is 10.0. The van der Waals surface area contributed by atoms with Crippen LogP contribution in [0, 0.1) is 0 Å². The van der Waals surface area contributed by atoms with Crippen LogP contribution in [0.25, 0.3) is 0 Å². The monoisotopic (exact) mass is 518 g/mol. The van der Waals surface area contributed by atoms with Gasteiger partial charge in [-0.3, -0.25) is 10.1 Å². The van der Waals surface area contributed by atoms with Crippen LogP contribution in [0.5, 0.6) is 11.5 Å². The molecule has 2 atom stereocenters. The van der Waals surface area contributed by atoms with E-state index in [4.69, 9.17) is 14.2 Å². The SMILES string of the molecule is COc1ccc(NC(=O)OC2c3sccc3CN(S(=O)(=O)c3ccc(OC)cc3)C2C(=O)O)cc1. The van der Waals surface area contributed by atoms with E-state index in [1.165, 1.54) is 49.8 Å². The van der Waals surface area contributed by atoms with E-state index in [-0.39, 0.29) is 11.4 Å². The summed E-state index contributed by atoms with van der Waals surface area (Å²) in [5.74, 6) is -0.401. The molecule has 2 heterocycles. The lowest BCUT2D eigenvalue weighted by molar-refractivity contribution is -0.146. The summed E-state index contributed by atoms with van der Waals surface area (Å²) in [6, 6.07) is 12.1. The number of amides is 1. The fourth-order valence-electron chi connectivity index (χ4n) is 3.71. The van der Waals surface area contributed by atoms with E-state index in [1.54, 1.807) is 35.7 Å². The van der Waals surface area contributed by atoms with Gasteiger partial charge < -0.3 is 19.3 Å². The average Bonchev–Trinajstić information content (AvgIpc) is 3.33. The number of benzene rings is 2. The van der Waals surface area contributed by atoms with Crippen molar-refractivity contribution in [3.63, 3.8) is 0 Å². The summed E-state index contributed by atoms with van der Waals surface area (Å²) in [6.45, 7) is -0.176. The van der Waals surface area contributed by atoms with Gasteiger partial charge in [0, 0.05) is 12.2 Å². The first-order valence-corrected chi connectivity index (χ1v) is 12.6. The number of hydrogen-bond donors (Lipinski definition) is 2. The normalized spacial score (nSPS) is 17.8. The summed E-state index contributed by atoms with van der Waals surface area (Å²) in [7, 11) is -1.30. The minimum absolute atomic E-state index is 0.107. The van der Waals surface area contributed by atoms with Crippen LogP contribution in [-0.4, -0.2) is 50.2 Å². The number of carboxylic acids is 1. The third-order valence-electron chi connectivity index (χ3n) is 5.45. The number of rotatable bonds is 7. The number of carboxylic acid groups (broad SMARTS) is 1. The molecule has 4 rings (SSSR count). The van der Waals surface area contributed by atoms with E-state index in [2.05, 4.69) is 5.32 Å². The molecule has 1 amide bonds. The molecule has 2 aromatic carbocycles. The Labute approximate surface area is 205 Å². The largest absolute Gasteiger partial charge is 0.497 e. The second kappa shape index (κ2) is 9.94. The van der Waals surface area contributed by atoms with Crippen molar-refractivity contribution in [2.24, 2.45) is 0 Å². The molecule has 0 spiro atoms. The Kier molecular flexibility index (Phi) is 6.96. The molecular formula is C23H22N2O8S2. The van der Waals surface area contributed by atoms with Gasteiger partial charge in [0.15, 0.2) is 12.1 Å². The summed E-state index contributed by atoms with van der Waals surface area (Å²) in [6.07, 6.45) is -2.28. The maximum atomic E-state index is 13.5. The summed E-state index contributed by atoms with van der Waals surface area (Å²) in [5, 5.41) is 14.3. The van der Waals surface area contributed by atoms with E-state index in [0.29, 0.717) is 27.6 Å². The highest BCUT2D eigenvalue weighted by Crippen LogP contribution is 2.41. The number of methoxy groups -OCH3 is 2. The number of hydrogen-bond acceptors (Lipinski definition) is 8. The van der Waals surface area contributed by atoms with E-state index < -0.39 is 34.2 Å². The summed E-state index contributed by atoms with van der Waals surface area (Å²) >= 11 is 1.20. The molecule has 0 saturated heterocycles. The van der Waals surface area contributed by atoms with Gasteiger partial charge in [0.25, 0.3) is 0 Å². The molecule has 2 unspecified atom stereocenters. The Morgan fingerprint density at radius 2 is 1.60 bits per heavy atom. The molecule has 2 N–H and O–H groups in total. The topological polar surface area (TPSA) is 131 Å². The van der Waals surface area contributed by atoms with Crippen molar-refractivity contribution in [1.82, 2.24) is 4.31 Å². The maximum absolute atomic E-state index is 13.5. The van der Waals surface area contributed by atoms with Gasteiger partial charge in [0.2, 0.25) is 10.0 Å². The number of nitrogens with one attached hydrogen (secondary N) is 1. The molecule has 0 fully saturated rings. The number of ether oxygens (including phenoxy) is 3. The zero-order chi connectivity index (χ0) is 25.2. The second-order valence-corrected chi connectivity index (χ2v) is 10.3. The smallest absolute Gasteiger partial charge is 0.412 e. The first-order chi connectivity index (χ1) is 16.7. The van der Waals surface area contributed by atoms with Crippen molar-refractivity contribution in [3.05, 3.63) is 70.4 Å². The third kappa shape index (κ3) is 4.94. The number of sulfonamides is 1. The number of anilines is 1. The van der Waals surface area contributed by atoms with Crippen LogP contribution in [0.15, 0.2) is 64.9 Å². The van der Waals surface area contributed by atoms with Gasteiger partial charge in [-0.25, -0.2) is 13.2 Å². The van der Waals surface area contributed by atoms with E-state index in [9.17, 15) is 23.1 Å². The van der Waals surface area contributed by atoms with Crippen LogP contribution < -0.4 is 14.8 Å². The van der Waals surface area contributed by atoms with Crippen LogP contribution in [0.2, 0.25) is 0 Å². The quantitative estimate of drug-likeness (QED) is 0.484. The highest BCUT2D eigenvalue weighted by molar-refractivity contribution is 7.89. The fraction of sp³-hybridized carbons (Fsp3) is 0.217. The molecule has 1 aromatic heterocycles. The highest BCUT2D eigenvalue weighted by Gasteiger charge is 2.48. The van der Waals surface area contributed by atoms with Crippen LogP contribution in [-0.2, 0) is 26.1 Å². The number of fused-ring (bicyclic) bond motifs is 1. The number of aliphatic carboxylic acids is 1. The van der Waals surface area contributed by atoms with Gasteiger partial charge in [0.1, 0.15) is 11.5 Å². The van der Waals surface area contributed by atoms with Crippen molar-refractivity contribution < 1.29 is 37.3 Å². The zero-order valence-corrected chi connectivity index (χ0v) is 20.3. The zero-order valence-electron chi connectivity index (χ0n) is 18.7. The number of carbonyl (C=O) groups excluding carboxylic acids is 1. The number of thiophene rings is 1. The Bertz CT molecular complexity index is 1320. The van der Waals surface area contributed by atoms with Crippen molar-refractivity contribution in [2.45, 2.75) is 23.6 Å². The molecule has 0 radical (unpaired) electrons. The minimum atomic E-state index is -4.26. The van der Waals surface area contributed by atoms with Crippen LogP contribution in [0.1, 0.15) is 16.5 Å². The molecule has 0 saturated carbocycles. The Morgan fingerprint density at radius 3 is 2.17 bits per heavy atom. The molecule has 3 aromatic rings. The number of carbonyl (C=O) groups is 2. The predicted molar refractivity (Wildman–Crippen MR) is 127 cm³/mol. The van der Waals surface area contributed by atoms with Gasteiger partial charge >= 0.3 is 12.1 Å². The van der Waals surface area contributed by atoms with Gasteiger partial charge in [-0.15, -0.1) is 11.3 Å². The van der Waals surface area contributed by atoms with E-state index in [0.717, 1.165) is 4.31 Å². The molecule has 0 bridgehead atoms.